The molecule has 1 N–H and O–H groups in total. The minimum atomic E-state index is -0.246. The molecule has 0 spiro atoms. The monoisotopic (exact) mass is 327 g/mol. The number of halogens is 3. The molecule has 1 unspecified atom stereocenters. The van der Waals surface area contributed by atoms with Crippen molar-refractivity contribution in [2.45, 2.75) is 13.0 Å². The van der Waals surface area contributed by atoms with Crippen molar-refractivity contribution in [2.75, 3.05) is 5.32 Å². The zero-order chi connectivity index (χ0) is 13.1. The molecule has 0 radical (unpaired) electrons. The summed E-state index contributed by atoms with van der Waals surface area (Å²) < 4.78 is 13.8. The predicted octanol–water partition coefficient (Wildman–Crippen LogP) is 5.41. The van der Waals surface area contributed by atoms with Crippen LogP contribution in [0.15, 0.2) is 46.9 Å². The van der Waals surface area contributed by atoms with Crippen molar-refractivity contribution in [1.82, 2.24) is 0 Å². The predicted molar refractivity (Wildman–Crippen MR) is 77.6 cm³/mol. The second-order valence-electron chi connectivity index (χ2n) is 4.04. The molecule has 94 valence electrons. The Morgan fingerprint density at radius 2 is 1.83 bits per heavy atom. The fraction of sp³-hybridized carbons (Fsp3) is 0.143. The number of rotatable bonds is 3. The first-order valence-electron chi connectivity index (χ1n) is 5.53. The number of benzene rings is 2. The van der Waals surface area contributed by atoms with Crippen molar-refractivity contribution in [1.29, 1.82) is 0 Å². The largest absolute Gasteiger partial charge is 0.378 e. The number of hydrogen-bond acceptors (Lipinski definition) is 1. The van der Waals surface area contributed by atoms with E-state index in [2.05, 4.69) is 21.2 Å². The van der Waals surface area contributed by atoms with Gasteiger partial charge in [0.1, 0.15) is 5.82 Å². The van der Waals surface area contributed by atoms with E-state index in [1.165, 1.54) is 12.1 Å². The number of anilines is 1. The van der Waals surface area contributed by atoms with Gasteiger partial charge in [0.15, 0.2) is 0 Å². The molecule has 0 aliphatic carbocycles. The minimum absolute atomic E-state index is 0.0705. The van der Waals surface area contributed by atoms with E-state index in [-0.39, 0.29) is 11.9 Å². The standard InChI is InChI=1S/C14H12BrClFN/c1-9(13-7-4-11(17)8-14(13)15)18-12-5-2-10(16)3-6-12/h2-9,18H,1H3. The van der Waals surface area contributed by atoms with Gasteiger partial charge in [-0.1, -0.05) is 33.6 Å². The van der Waals surface area contributed by atoms with Gasteiger partial charge in [0.05, 0.1) is 0 Å². The Balaban J connectivity index is 2.16. The first kappa shape index (κ1) is 13.4. The molecule has 2 aromatic carbocycles. The maximum atomic E-state index is 13.0. The van der Waals surface area contributed by atoms with Gasteiger partial charge in [-0.25, -0.2) is 4.39 Å². The van der Waals surface area contributed by atoms with Crippen LogP contribution in [-0.2, 0) is 0 Å². The van der Waals surface area contributed by atoms with E-state index < -0.39 is 0 Å². The molecule has 0 aliphatic rings. The zero-order valence-corrected chi connectivity index (χ0v) is 12.1. The van der Waals surface area contributed by atoms with Gasteiger partial charge < -0.3 is 5.32 Å². The highest BCUT2D eigenvalue weighted by atomic mass is 79.9. The molecular weight excluding hydrogens is 317 g/mol. The third-order valence-electron chi connectivity index (χ3n) is 2.66. The highest BCUT2D eigenvalue weighted by molar-refractivity contribution is 9.10. The topological polar surface area (TPSA) is 12.0 Å². The Labute approximate surface area is 119 Å². The molecule has 1 atom stereocenters. The molecule has 0 heterocycles. The SMILES string of the molecule is CC(Nc1ccc(Cl)cc1)c1ccc(F)cc1Br. The van der Waals surface area contributed by atoms with Crippen LogP contribution in [0, 0.1) is 5.82 Å². The average Bonchev–Trinajstić information content (AvgIpc) is 2.32. The molecule has 0 aliphatic heterocycles. The van der Waals surface area contributed by atoms with Gasteiger partial charge in [-0.05, 0) is 48.9 Å². The fourth-order valence-corrected chi connectivity index (χ4v) is 2.55. The second kappa shape index (κ2) is 5.72. The molecule has 2 aromatic rings. The van der Waals surface area contributed by atoms with E-state index in [1.54, 1.807) is 6.07 Å². The molecule has 0 bridgehead atoms. The van der Waals surface area contributed by atoms with Crippen LogP contribution in [0.5, 0.6) is 0 Å². The van der Waals surface area contributed by atoms with E-state index in [0.29, 0.717) is 5.02 Å². The lowest BCUT2D eigenvalue weighted by Crippen LogP contribution is -2.07. The van der Waals surface area contributed by atoms with Gasteiger partial charge >= 0.3 is 0 Å². The molecule has 0 aromatic heterocycles. The average molecular weight is 329 g/mol. The highest BCUT2D eigenvalue weighted by Gasteiger charge is 2.09. The quantitative estimate of drug-likeness (QED) is 0.794. The molecular formula is C14H12BrClFN. The maximum Gasteiger partial charge on any atom is 0.124 e. The van der Waals surface area contributed by atoms with Gasteiger partial charge in [-0.2, -0.15) is 0 Å². The van der Waals surface area contributed by atoms with Crippen molar-refractivity contribution in [2.24, 2.45) is 0 Å². The van der Waals surface area contributed by atoms with Crippen LogP contribution in [0.3, 0.4) is 0 Å². The van der Waals surface area contributed by atoms with Gasteiger partial charge in [-0.3, -0.25) is 0 Å². The summed E-state index contributed by atoms with van der Waals surface area (Å²) in [5.41, 5.74) is 1.98. The first-order chi connectivity index (χ1) is 8.56. The lowest BCUT2D eigenvalue weighted by Gasteiger charge is -2.17. The Morgan fingerprint density at radius 3 is 2.44 bits per heavy atom. The summed E-state index contributed by atoms with van der Waals surface area (Å²) in [7, 11) is 0. The molecule has 0 fully saturated rings. The highest BCUT2D eigenvalue weighted by Crippen LogP contribution is 2.27. The van der Waals surface area contributed by atoms with E-state index in [9.17, 15) is 4.39 Å². The van der Waals surface area contributed by atoms with Gasteiger partial charge in [0.25, 0.3) is 0 Å². The summed E-state index contributed by atoms with van der Waals surface area (Å²) >= 11 is 9.20. The van der Waals surface area contributed by atoms with Crippen LogP contribution < -0.4 is 5.32 Å². The van der Waals surface area contributed by atoms with Crippen molar-refractivity contribution < 1.29 is 4.39 Å². The van der Waals surface area contributed by atoms with E-state index >= 15 is 0 Å². The summed E-state index contributed by atoms with van der Waals surface area (Å²) in [6, 6.07) is 12.3. The zero-order valence-electron chi connectivity index (χ0n) is 9.75. The number of nitrogens with one attached hydrogen (secondary N) is 1. The van der Waals surface area contributed by atoms with E-state index in [1.807, 2.05) is 31.2 Å². The van der Waals surface area contributed by atoms with Crippen LogP contribution >= 0.6 is 27.5 Å². The number of hydrogen-bond donors (Lipinski definition) is 1. The normalized spacial score (nSPS) is 12.2. The molecule has 4 heteroatoms. The van der Waals surface area contributed by atoms with Crippen molar-refractivity contribution in [3.05, 3.63) is 63.3 Å². The third kappa shape index (κ3) is 3.24. The molecule has 2 rings (SSSR count). The lowest BCUT2D eigenvalue weighted by atomic mass is 10.1. The molecule has 1 nitrogen and oxygen atoms in total. The van der Waals surface area contributed by atoms with Crippen LogP contribution in [0.25, 0.3) is 0 Å². The third-order valence-corrected chi connectivity index (χ3v) is 3.60. The molecule has 18 heavy (non-hydrogen) atoms. The Kier molecular flexibility index (Phi) is 4.25. The van der Waals surface area contributed by atoms with Crippen LogP contribution in [0.2, 0.25) is 5.02 Å². The van der Waals surface area contributed by atoms with Crippen molar-refractivity contribution in [3.63, 3.8) is 0 Å². The van der Waals surface area contributed by atoms with Crippen molar-refractivity contribution >= 4 is 33.2 Å². The summed E-state index contributed by atoms with van der Waals surface area (Å²) in [4.78, 5) is 0. The van der Waals surface area contributed by atoms with Gasteiger partial charge in [-0.15, -0.1) is 0 Å². The maximum absolute atomic E-state index is 13.0. The summed E-state index contributed by atoms with van der Waals surface area (Å²) in [5, 5.41) is 4.04. The summed E-state index contributed by atoms with van der Waals surface area (Å²) in [5.74, 6) is -0.246. The second-order valence-corrected chi connectivity index (χ2v) is 5.33. The summed E-state index contributed by atoms with van der Waals surface area (Å²) in [6.45, 7) is 2.02. The van der Waals surface area contributed by atoms with Crippen molar-refractivity contribution in [3.8, 4) is 0 Å². The Bertz CT molecular complexity index is 542. The summed E-state index contributed by atoms with van der Waals surface area (Å²) in [6.07, 6.45) is 0. The fourth-order valence-electron chi connectivity index (χ4n) is 1.73. The molecule has 0 amide bonds. The Hall–Kier alpha value is -1.06. The first-order valence-corrected chi connectivity index (χ1v) is 6.70. The van der Waals surface area contributed by atoms with Gasteiger partial charge in [0, 0.05) is 21.2 Å². The van der Waals surface area contributed by atoms with E-state index in [0.717, 1.165) is 15.7 Å². The van der Waals surface area contributed by atoms with E-state index in [4.69, 9.17) is 11.6 Å². The molecule has 0 saturated heterocycles. The smallest absolute Gasteiger partial charge is 0.124 e. The lowest BCUT2D eigenvalue weighted by molar-refractivity contribution is 0.625. The molecule has 0 saturated carbocycles. The Morgan fingerprint density at radius 1 is 1.17 bits per heavy atom. The van der Waals surface area contributed by atoms with Gasteiger partial charge in [0.2, 0.25) is 0 Å². The van der Waals surface area contributed by atoms with Crippen LogP contribution in [-0.4, -0.2) is 0 Å². The van der Waals surface area contributed by atoms with Crippen LogP contribution in [0.4, 0.5) is 10.1 Å². The van der Waals surface area contributed by atoms with Crippen LogP contribution in [0.1, 0.15) is 18.5 Å². The minimum Gasteiger partial charge on any atom is -0.378 e.